The average molecular weight is 280 g/mol. The van der Waals surface area contributed by atoms with E-state index < -0.39 is 5.97 Å². The van der Waals surface area contributed by atoms with Crippen LogP contribution in [-0.2, 0) is 14.3 Å². The molecule has 2 aliphatic rings. The number of carboxylic acid groups (broad SMARTS) is 1. The monoisotopic (exact) mass is 280 g/mol. The van der Waals surface area contributed by atoms with Gasteiger partial charge in [0.05, 0.1) is 7.11 Å². The summed E-state index contributed by atoms with van der Waals surface area (Å²) in [5.74, 6) is 1.14. The van der Waals surface area contributed by atoms with Gasteiger partial charge < -0.3 is 9.84 Å². The van der Waals surface area contributed by atoms with Crippen LogP contribution in [0.2, 0.25) is 0 Å². The third-order valence-electron chi connectivity index (χ3n) is 4.13. The molecule has 0 saturated heterocycles. The SMILES string of the molecule is C=C(C)C(=O)OC.CC(=CC1CC2CCC1C2)C(=O)O. The van der Waals surface area contributed by atoms with Gasteiger partial charge in [0.2, 0.25) is 0 Å². The molecule has 2 rings (SSSR count). The topological polar surface area (TPSA) is 63.6 Å². The van der Waals surface area contributed by atoms with Gasteiger partial charge in [-0.2, -0.15) is 0 Å². The Balaban J connectivity index is 0.000000246. The Morgan fingerprint density at radius 3 is 2.20 bits per heavy atom. The lowest BCUT2D eigenvalue weighted by Gasteiger charge is -2.18. The van der Waals surface area contributed by atoms with Crippen molar-refractivity contribution in [3.05, 3.63) is 23.8 Å². The molecule has 0 amide bonds. The van der Waals surface area contributed by atoms with Crippen LogP contribution in [0.15, 0.2) is 23.8 Å². The molecule has 0 radical (unpaired) electrons. The molecule has 3 atom stereocenters. The molecule has 2 fully saturated rings. The normalized spacial score (nSPS) is 27.6. The first kappa shape index (κ1) is 16.5. The van der Waals surface area contributed by atoms with Gasteiger partial charge in [-0.3, -0.25) is 0 Å². The minimum atomic E-state index is -0.761. The summed E-state index contributed by atoms with van der Waals surface area (Å²) in [6.07, 6.45) is 7.25. The molecule has 0 spiro atoms. The number of allylic oxidation sites excluding steroid dienone is 1. The summed E-state index contributed by atoms with van der Waals surface area (Å²) in [7, 11) is 1.33. The zero-order valence-electron chi connectivity index (χ0n) is 12.5. The molecular weight excluding hydrogens is 256 g/mol. The van der Waals surface area contributed by atoms with Crippen LogP contribution in [0.25, 0.3) is 0 Å². The lowest BCUT2D eigenvalue weighted by molar-refractivity contribution is -0.136. The third kappa shape index (κ3) is 4.51. The molecule has 2 aliphatic carbocycles. The first-order chi connectivity index (χ1) is 9.35. The molecular formula is C16H24O4. The Morgan fingerprint density at radius 2 is 1.90 bits per heavy atom. The van der Waals surface area contributed by atoms with Crippen molar-refractivity contribution in [1.82, 2.24) is 0 Å². The Hall–Kier alpha value is -1.58. The Bertz CT molecular complexity index is 422. The van der Waals surface area contributed by atoms with E-state index in [0.29, 0.717) is 17.1 Å². The van der Waals surface area contributed by atoms with Gasteiger partial charge in [0, 0.05) is 11.1 Å². The van der Waals surface area contributed by atoms with Crippen LogP contribution in [0, 0.1) is 17.8 Å². The van der Waals surface area contributed by atoms with Crippen LogP contribution >= 0.6 is 0 Å². The largest absolute Gasteiger partial charge is 0.478 e. The highest BCUT2D eigenvalue weighted by Crippen LogP contribution is 2.49. The molecule has 0 heterocycles. The first-order valence-corrected chi connectivity index (χ1v) is 7.00. The van der Waals surface area contributed by atoms with Gasteiger partial charge in [-0.05, 0) is 50.9 Å². The Morgan fingerprint density at radius 1 is 1.25 bits per heavy atom. The summed E-state index contributed by atoms with van der Waals surface area (Å²) < 4.78 is 4.27. The van der Waals surface area contributed by atoms with Crippen molar-refractivity contribution in [2.45, 2.75) is 39.5 Å². The minimum Gasteiger partial charge on any atom is -0.478 e. The molecule has 0 aromatic heterocycles. The van der Waals surface area contributed by atoms with Crippen molar-refractivity contribution in [1.29, 1.82) is 0 Å². The molecule has 4 heteroatoms. The van der Waals surface area contributed by atoms with Crippen molar-refractivity contribution in [3.8, 4) is 0 Å². The number of methoxy groups -OCH3 is 1. The van der Waals surface area contributed by atoms with Crippen LogP contribution in [0.5, 0.6) is 0 Å². The summed E-state index contributed by atoms with van der Waals surface area (Å²) in [5, 5.41) is 8.74. The molecule has 2 saturated carbocycles. The summed E-state index contributed by atoms with van der Waals surface area (Å²) in [4.78, 5) is 20.8. The fourth-order valence-corrected chi connectivity index (χ4v) is 3.06. The summed E-state index contributed by atoms with van der Waals surface area (Å²) >= 11 is 0. The quantitative estimate of drug-likeness (QED) is 0.637. The van der Waals surface area contributed by atoms with E-state index in [4.69, 9.17) is 5.11 Å². The van der Waals surface area contributed by atoms with Crippen LogP contribution in [0.4, 0.5) is 0 Å². The fourth-order valence-electron chi connectivity index (χ4n) is 3.06. The number of aliphatic carboxylic acids is 1. The van der Waals surface area contributed by atoms with Gasteiger partial charge in [-0.25, -0.2) is 9.59 Å². The van der Waals surface area contributed by atoms with Crippen molar-refractivity contribution in [3.63, 3.8) is 0 Å². The molecule has 1 N–H and O–H groups in total. The summed E-state index contributed by atoms with van der Waals surface area (Å²) in [6, 6.07) is 0. The number of ether oxygens (including phenoxy) is 1. The van der Waals surface area contributed by atoms with Crippen LogP contribution in [-0.4, -0.2) is 24.2 Å². The molecule has 0 aliphatic heterocycles. The first-order valence-electron chi connectivity index (χ1n) is 7.00. The highest BCUT2D eigenvalue weighted by molar-refractivity contribution is 5.86. The molecule has 0 aromatic carbocycles. The van der Waals surface area contributed by atoms with Crippen molar-refractivity contribution < 1.29 is 19.4 Å². The smallest absolute Gasteiger partial charge is 0.332 e. The van der Waals surface area contributed by atoms with Crippen LogP contribution < -0.4 is 0 Å². The van der Waals surface area contributed by atoms with Gasteiger partial charge in [0.1, 0.15) is 0 Å². The number of hydrogen-bond acceptors (Lipinski definition) is 3. The van der Waals surface area contributed by atoms with Gasteiger partial charge in [0.25, 0.3) is 0 Å². The summed E-state index contributed by atoms with van der Waals surface area (Å²) in [5.41, 5.74) is 0.958. The third-order valence-corrected chi connectivity index (χ3v) is 4.13. The maximum absolute atomic E-state index is 10.6. The van der Waals surface area contributed by atoms with Crippen LogP contribution in [0.3, 0.4) is 0 Å². The lowest BCUT2D eigenvalue weighted by atomic mass is 9.87. The predicted octanol–water partition coefficient (Wildman–Crippen LogP) is 3.19. The van der Waals surface area contributed by atoms with E-state index in [1.165, 1.54) is 32.8 Å². The highest BCUT2D eigenvalue weighted by Gasteiger charge is 2.38. The Labute approximate surface area is 120 Å². The second-order valence-corrected chi connectivity index (χ2v) is 5.77. The molecule has 0 aromatic rings. The van der Waals surface area contributed by atoms with E-state index in [1.54, 1.807) is 13.8 Å². The second kappa shape index (κ2) is 7.27. The Kier molecular flexibility index (Phi) is 5.99. The predicted molar refractivity (Wildman–Crippen MR) is 77.2 cm³/mol. The number of carboxylic acids is 1. The van der Waals surface area contributed by atoms with E-state index in [0.717, 1.165) is 11.8 Å². The lowest BCUT2D eigenvalue weighted by Crippen LogP contribution is -2.09. The van der Waals surface area contributed by atoms with Gasteiger partial charge in [-0.15, -0.1) is 0 Å². The fraction of sp³-hybridized carbons (Fsp3) is 0.625. The van der Waals surface area contributed by atoms with Gasteiger partial charge in [-0.1, -0.05) is 19.1 Å². The second-order valence-electron chi connectivity index (χ2n) is 5.77. The van der Waals surface area contributed by atoms with E-state index in [9.17, 15) is 9.59 Å². The number of carbonyl (C=O) groups is 2. The summed E-state index contributed by atoms with van der Waals surface area (Å²) in [6.45, 7) is 6.66. The molecule has 112 valence electrons. The van der Waals surface area contributed by atoms with Crippen molar-refractivity contribution in [2.24, 2.45) is 17.8 Å². The van der Waals surface area contributed by atoms with Crippen molar-refractivity contribution in [2.75, 3.05) is 7.11 Å². The number of esters is 1. The molecule has 2 bridgehead atoms. The molecule has 20 heavy (non-hydrogen) atoms. The molecule has 3 unspecified atom stereocenters. The van der Waals surface area contributed by atoms with Gasteiger partial charge >= 0.3 is 11.9 Å². The zero-order chi connectivity index (χ0) is 15.3. The average Bonchev–Trinajstić information content (AvgIpc) is 3.00. The maximum atomic E-state index is 10.6. The number of fused-ring (bicyclic) bond motifs is 2. The number of rotatable bonds is 3. The van der Waals surface area contributed by atoms with E-state index in [2.05, 4.69) is 11.3 Å². The zero-order valence-corrected chi connectivity index (χ0v) is 12.5. The highest BCUT2D eigenvalue weighted by atomic mass is 16.5. The van der Waals surface area contributed by atoms with E-state index in [1.807, 2.05) is 6.08 Å². The number of hydrogen-bond donors (Lipinski definition) is 1. The minimum absolute atomic E-state index is 0.347. The van der Waals surface area contributed by atoms with Crippen LogP contribution in [0.1, 0.15) is 39.5 Å². The number of carbonyl (C=O) groups excluding carboxylic acids is 1. The van der Waals surface area contributed by atoms with E-state index >= 15 is 0 Å². The standard InChI is InChI=1S/C11H16O2.C5H8O2/c1-7(11(12)13)4-10-6-8-2-3-9(10)5-8;1-4(2)5(6)7-3/h4,8-10H,2-3,5-6H2,1H3,(H,12,13);1H2,2-3H3. The van der Waals surface area contributed by atoms with Gasteiger partial charge in [0.15, 0.2) is 0 Å². The maximum Gasteiger partial charge on any atom is 0.332 e. The van der Waals surface area contributed by atoms with Crippen molar-refractivity contribution >= 4 is 11.9 Å². The van der Waals surface area contributed by atoms with E-state index in [-0.39, 0.29) is 5.97 Å². The molecule has 4 nitrogen and oxygen atoms in total.